The minimum absolute atomic E-state index is 0.0565. The summed E-state index contributed by atoms with van der Waals surface area (Å²) < 4.78 is 45.5. The third-order valence-corrected chi connectivity index (χ3v) is 6.00. The maximum absolute atomic E-state index is 13.4. The summed E-state index contributed by atoms with van der Waals surface area (Å²) in [5.41, 5.74) is -0.850. The average Bonchev–Trinajstić information content (AvgIpc) is 3.21. The van der Waals surface area contributed by atoms with Crippen molar-refractivity contribution >= 4 is 22.6 Å². The van der Waals surface area contributed by atoms with Crippen LogP contribution in [-0.2, 0) is 20.5 Å². The van der Waals surface area contributed by atoms with Crippen LogP contribution in [0.25, 0.3) is 22.0 Å². The Morgan fingerprint density at radius 1 is 1.14 bits per heavy atom. The molecule has 1 aliphatic rings. The van der Waals surface area contributed by atoms with Crippen LogP contribution in [0.15, 0.2) is 53.3 Å². The van der Waals surface area contributed by atoms with Crippen LogP contribution in [-0.4, -0.2) is 43.1 Å². The molecule has 184 valence electrons. The number of fused-ring (bicyclic) bond motifs is 1. The van der Waals surface area contributed by atoms with Gasteiger partial charge in [-0.15, -0.1) is 0 Å². The predicted octanol–water partition coefficient (Wildman–Crippen LogP) is 3.34. The standard InChI is InChI=1S/C25H24F3N3O4/c1-29-9-8-22(32)35-13-16-12-19(23(33)30-16)14-6-7-15-11-21(31-24(34)18(15)10-14)17-4-2-3-5-20(17)25(26,27)28/h2-7,10-11,16,19,29H,8-9,12-13H2,1H3,(H,30,33)(H,31,34)/t16?,19-/m1/s1. The molecule has 4 rings (SSSR count). The highest BCUT2D eigenvalue weighted by molar-refractivity contribution is 5.90. The van der Waals surface area contributed by atoms with Crippen LogP contribution in [0, 0.1) is 0 Å². The van der Waals surface area contributed by atoms with Crippen LogP contribution in [0.3, 0.4) is 0 Å². The molecule has 1 aromatic heterocycles. The predicted molar refractivity (Wildman–Crippen MR) is 124 cm³/mol. The summed E-state index contributed by atoms with van der Waals surface area (Å²) in [5, 5.41) is 6.38. The fourth-order valence-corrected chi connectivity index (χ4v) is 4.25. The molecule has 3 N–H and O–H groups in total. The molecular formula is C25H24F3N3O4. The Balaban J connectivity index is 1.57. The Bertz CT molecular complexity index is 1320. The van der Waals surface area contributed by atoms with Crippen LogP contribution in [0.5, 0.6) is 0 Å². The van der Waals surface area contributed by atoms with E-state index >= 15 is 0 Å². The number of pyridine rings is 1. The van der Waals surface area contributed by atoms with Crippen molar-refractivity contribution in [2.75, 3.05) is 20.2 Å². The first-order valence-corrected chi connectivity index (χ1v) is 11.1. The van der Waals surface area contributed by atoms with Gasteiger partial charge in [0, 0.05) is 23.2 Å². The zero-order valence-electron chi connectivity index (χ0n) is 18.9. The van der Waals surface area contributed by atoms with Crippen molar-refractivity contribution in [2.24, 2.45) is 0 Å². The molecule has 1 amide bonds. The molecular weight excluding hydrogens is 463 g/mol. The Hall–Kier alpha value is -3.66. The first kappa shape index (κ1) is 24.5. The second kappa shape index (κ2) is 9.91. The third kappa shape index (κ3) is 5.37. The number of halogens is 3. The van der Waals surface area contributed by atoms with Crippen molar-refractivity contribution in [2.45, 2.75) is 31.0 Å². The number of aromatic nitrogens is 1. The van der Waals surface area contributed by atoms with Crippen molar-refractivity contribution in [1.82, 2.24) is 15.6 Å². The number of esters is 1. The van der Waals surface area contributed by atoms with E-state index in [4.69, 9.17) is 4.74 Å². The van der Waals surface area contributed by atoms with E-state index in [1.807, 2.05) is 0 Å². The molecule has 35 heavy (non-hydrogen) atoms. The number of benzene rings is 2. The fraction of sp³-hybridized carbons (Fsp3) is 0.320. The van der Waals surface area contributed by atoms with Crippen LogP contribution in [0.4, 0.5) is 13.2 Å². The lowest BCUT2D eigenvalue weighted by molar-refractivity contribution is -0.144. The largest absolute Gasteiger partial charge is 0.463 e. The fourth-order valence-electron chi connectivity index (χ4n) is 4.25. The minimum Gasteiger partial charge on any atom is -0.463 e. The number of hydrogen-bond donors (Lipinski definition) is 3. The van der Waals surface area contributed by atoms with E-state index in [0.29, 0.717) is 23.9 Å². The molecule has 10 heteroatoms. The molecule has 1 saturated heterocycles. The molecule has 1 aliphatic heterocycles. The van der Waals surface area contributed by atoms with Gasteiger partial charge in [0.05, 0.1) is 23.9 Å². The van der Waals surface area contributed by atoms with Crippen LogP contribution >= 0.6 is 0 Å². The van der Waals surface area contributed by atoms with E-state index in [9.17, 15) is 27.6 Å². The first-order valence-electron chi connectivity index (χ1n) is 11.1. The van der Waals surface area contributed by atoms with Gasteiger partial charge in [0.15, 0.2) is 0 Å². The number of alkyl halides is 3. The van der Waals surface area contributed by atoms with Gasteiger partial charge in [0.2, 0.25) is 5.91 Å². The van der Waals surface area contributed by atoms with Crippen LogP contribution in [0.2, 0.25) is 0 Å². The normalized spacial score (nSPS) is 18.0. The van der Waals surface area contributed by atoms with Gasteiger partial charge < -0.3 is 20.4 Å². The summed E-state index contributed by atoms with van der Waals surface area (Å²) in [4.78, 5) is 39.6. The van der Waals surface area contributed by atoms with E-state index in [2.05, 4.69) is 15.6 Å². The van der Waals surface area contributed by atoms with E-state index in [-0.39, 0.29) is 47.6 Å². The topological polar surface area (TPSA) is 100 Å². The molecule has 0 aliphatic carbocycles. The Labute approximate surface area is 198 Å². The first-order chi connectivity index (χ1) is 16.7. The highest BCUT2D eigenvalue weighted by Crippen LogP contribution is 2.37. The second-order valence-corrected chi connectivity index (χ2v) is 8.43. The Morgan fingerprint density at radius 3 is 2.66 bits per heavy atom. The second-order valence-electron chi connectivity index (χ2n) is 8.43. The molecule has 0 bridgehead atoms. The number of rotatable bonds is 7. The van der Waals surface area contributed by atoms with Crippen LogP contribution in [0.1, 0.15) is 29.9 Å². The lowest BCUT2D eigenvalue weighted by Crippen LogP contribution is -2.31. The Kier molecular flexibility index (Phi) is 6.93. The SMILES string of the molecule is CNCCC(=O)OCC1C[C@H](c2ccc3cc(-c4ccccc4C(F)(F)F)[nH]c(=O)c3c2)C(=O)N1. The summed E-state index contributed by atoms with van der Waals surface area (Å²) in [6, 6.07) is 11.1. The molecule has 0 saturated carbocycles. The smallest absolute Gasteiger partial charge is 0.417 e. The number of aromatic amines is 1. The van der Waals surface area contributed by atoms with E-state index in [1.54, 1.807) is 25.2 Å². The Morgan fingerprint density at radius 2 is 1.91 bits per heavy atom. The number of H-pyrrole nitrogens is 1. The van der Waals surface area contributed by atoms with Crippen molar-refractivity contribution in [3.63, 3.8) is 0 Å². The summed E-state index contributed by atoms with van der Waals surface area (Å²) in [6.45, 7) is 0.550. The molecule has 2 aromatic carbocycles. The summed E-state index contributed by atoms with van der Waals surface area (Å²) in [5.74, 6) is -1.14. The summed E-state index contributed by atoms with van der Waals surface area (Å²) in [7, 11) is 1.73. The summed E-state index contributed by atoms with van der Waals surface area (Å²) in [6.07, 6.45) is -3.96. The molecule has 2 atom stereocenters. The van der Waals surface area contributed by atoms with E-state index in [0.717, 1.165) is 6.07 Å². The van der Waals surface area contributed by atoms with Gasteiger partial charge in [-0.3, -0.25) is 14.4 Å². The van der Waals surface area contributed by atoms with Crippen molar-refractivity contribution in [1.29, 1.82) is 0 Å². The molecule has 7 nitrogen and oxygen atoms in total. The number of amides is 1. The maximum Gasteiger partial charge on any atom is 0.417 e. The maximum atomic E-state index is 13.4. The van der Waals surface area contributed by atoms with Crippen molar-refractivity contribution in [3.8, 4) is 11.3 Å². The lowest BCUT2D eigenvalue weighted by Gasteiger charge is -2.14. The van der Waals surface area contributed by atoms with Gasteiger partial charge in [-0.25, -0.2) is 0 Å². The minimum atomic E-state index is -4.57. The van der Waals surface area contributed by atoms with Crippen molar-refractivity contribution in [3.05, 3.63) is 70.0 Å². The molecule has 0 spiro atoms. The average molecular weight is 487 g/mol. The number of carbonyl (C=O) groups excluding carboxylic acids is 2. The number of nitrogens with one attached hydrogen (secondary N) is 3. The summed E-state index contributed by atoms with van der Waals surface area (Å²) >= 11 is 0. The van der Waals surface area contributed by atoms with Gasteiger partial charge in [-0.05, 0) is 42.6 Å². The zero-order valence-corrected chi connectivity index (χ0v) is 18.9. The van der Waals surface area contributed by atoms with Gasteiger partial charge in [-0.2, -0.15) is 13.2 Å². The highest BCUT2D eigenvalue weighted by Gasteiger charge is 2.35. The number of ether oxygens (including phenoxy) is 1. The van der Waals surface area contributed by atoms with Gasteiger partial charge >= 0.3 is 12.1 Å². The molecule has 3 aromatic rings. The van der Waals surface area contributed by atoms with E-state index in [1.165, 1.54) is 24.3 Å². The van der Waals surface area contributed by atoms with Gasteiger partial charge in [0.1, 0.15) is 6.61 Å². The molecule has 1 unspecified atom stereocenters. The number of carbonyl (C=O) groups is 2. The molecule has 2 heterocycles. The number of hydrogen-bond acceptors (Lipinski definition) is 5. The lowest BCUT2D eigenvalue weighted by atomic mass is 9.93. The highest BCUT2D eigenvalue weighted by atomic mass is 19.4. The zero-order chi connectivity index (χ0) is 25.2. The monoisotopic (exact) mass is 487 g/mol. The van der Waals surface area contributed by atoms with Gasteiger partial charge in [0.25, 0.3) is 5.56 Å². The molecule has 1 fully saturated rings. The van der Waals surface area contributed by atoms with E-state index < -0.39 is 23.2 Å². The van der Waals surface area contributed by atoms with Gasteiger partial charge in [-0.1, -0.05) is 30.3 Å². The quantitative estimate of drug-likeness (QED) is 0.444. The van der Waals surface area contributed by atoms with Crippen LogP contribution < -0.4 is 16.2 Å². The third-order valence-electron chi connectivity index (χ3n) is 6.00. The van der Waals surface area contributed by atoms with Crippen molar-refractivity contribution < 1.29 is 27.5 Å². The molecule has 0 radical (unpaired) electrons.